The van der Waals surface area contributed by atoms with E-state index in [0.29, 0.717) is 18.3 Å². The number of fused-ring (bicyclic) bond motifs is 1. The molecule has 0 aliphatic heterocycles. The fraction of sp³-hybridized carbons (Fsp3) is 0.172. The fourth-order valence-corrected chi connectivity index (χ4v) is 4.78. The van der Waals surface area contributed by atoms with Crippen molar-refractivity contribution in [1.82, 2.24) is 0 Å². The van der Waals surface area contributed by atoms with Gasteiger partial charge in [-0.25, -0.2) is 0 Å². The Kier molecular flexibility index (Phi) is 5.45. The first kappa shape index (κ1) is 19.4. The number of ether oxygens (including phenoxy) is 1. The molecule has 0 heterocycles. The van der Waals surface area contributed by atoms with Gasteiger partial charge in [0.25, 0.3) is 0 Å². The van der Waals surface area contributed by atoms with Crippen LogP contribution in [0.5, 0.6) is 11.5 Å². The van der Waals surface area contributed by atoms with Crippen LogP contribution in [0.1, 0.15) is 46.1 Å². The molecule has 0 bridgehead atoms. The molecule has 0 spiro atoms. The molecule has 1 unspecified atom stereocenters. The van der Waals surface area contributed by atoms with Crippen LogP contribution < -0.4 is 4.74 Å². The maximum absolute atomic E-state index is 9.81. The van der Waals surface area contributed by atoms with Crippen LogP contribution in [0.4, 0.5) is 0 Å². The first-order valence-electron chi connectivity index (χ1n) is 10.9. The van der Waals surface area contributed by atoms with Gasteiger partial charge >= 0.3 is 0 Å². The highest BCUT2D eigenvalue weighted by atomic mass is 16.5. The van der Waals surface area contributed by atoms with Crippen molar-refractivity contribution in [3.05, 3.63) is 131 Å². The second kappa shape index (κ2) is 8.69. The number of phenolic OH excluding ortho intramolecular Hbond substituents is 1. The van der Waals surface area contributed by atoms with E-state index in [1.165, 1.54) is 27.8 Å². The Morgan fingerprint density at radius 2 is 1.45 bits per heavy atom. The summed E-state index contributed by atoms with van der Waals surface area (Å²) >= 11 is 0. The topological polar surface area (TPSA) is 29.5 Å². The van der Waals surface area contributed by atoms with E-state index in [9.17, 15) is 5.11 Å². The first-order chi connectivity index (χ1) is 15.3. The third kappa shape index (κ3) is 4.20. The van der Waals surface area contributed by atoms with Gasteiger partial charge in [0.05, 0.1) is 0 Å². The number of hydrogen-bond acceptors (Lipinski definition) is 2. The van der Waals surface area contributed by atoms with Crippen molar-refractivity contribution in [3.8, 4) is 11.5 Å². The summed E-state index contributed by atoms with van der Waals surface area (Å²) < 4.78 is 6.09. The number of aromatic hydroxyl groups is 1. The summed E-state index contributed by atoms with van der Waals surface area (Å²) in [6.45, 7) is 0.577. The second-order valence-electron chi connectivity index (χ2n) is 8.26. The summed E-state index contributed by atoms with van der Waals surface area (Å²) in [5.41, 5.74) is 6.50. The summed E-state index contributed by atoms with van der Waals surface area (Å²) in [5, 5.41) is 9.81. The third-order valence-electron chi connectivity index (χ3n) is 6.30. The van der Waals surface area contributed by atoms with Gasteiger partial charge in [0.1, 0.15) is 18.1 Å². The largest absolute Gasteiger partial charge is 0.508 e. The molecule has 2 nitrogen and oxygen atoms in total. The fourth-order valence-electron chi connectivity index (χ4n) is 4.78. The highest BCUT2D eigenvalue weighted by molar-refractivity contribution is 5.48. The molecule has 0 aromatic heterocycles. The summed E-state index contributed by atoms with van der Waals surface area (Å²) in [5.74, 6) is 1.90. The summed E-state index contributed by atoms with van der Waals surface area (Å²) in [6, 6.07) is 35.3. The lowest BCUT2D eigenvalue weighted by Gasteiger charge is -2.35. The molecule has 1 N–H and O–H groups in total. The summed E-state index contributed by atoms with van der Waals surface area (Å²) in [6.07, 6.45) is 2.12. The van der Waals surface area contributed by atoms with Gasteiger partial charge in [-0.15, -0.1) is 0 Å². The van der Waals surface area contributed by atoms with Crippen molar-refractivity contribution in [1.29, 1.82) is 0 Å². The van der Waals surface area contributed by atoms with Crippen LogP contribution in [0.3, 0.4) is 0 Å². The van der Waals surface area contributed by atoms with Crippen LogP contribution in [0.25, 0.3) is 0 Å². The molecule has 4 aromatic rings. The molecule has 5 rings (SSSR count). The Morgan fingerprint density at radius 3 is 2.19 bits per heavy atom. The van der Waals surface area contributed by atoms with E-state index in [1.807, 2.05) is 18.2 Å². The average Bonchev–Trinajstić information content (AvgIpc) is 2.84. The molecule has 0 amide bonds. The van der Waals surface area contributed by atoms with E-state index in [2.05, 4.69) is 72.8 Å². The minimum Gasteiger partial charge on any atom is -0.508 e. The van der Waals surface area contributed by atoms with E-state index < -0.39 is 0 Å². The van der Waals surface area contributed by atoms with Crippen molar-refractivity contribution in [2.24, 2.45) is 0 Å². The minimum absolute atomic E-state index is 0.259. The SMILES string of the molecule is Oc1ccc(C2c3ccc(OCc4ccccc4)cc3CC[C@@H]2c2ccccc2)cc1. The molecule has 154 valence electrons. The van der Waals surface area contributed by atoms with Gasteiger partial charge in [-0.1, -0.05) is 78.9 Å². The molecule has 1 aliphatic carbocycles. The lowest BCUT2D eigenvalue weighted by molar-refractivity contribution is 0.305. The Morgan fingerprint density at radius 1 is 0.742 bits per heavy atom. The van der Waals surface area contributed by atoms with Crippen molar-refractivity contribution >= 4 is 0 Å². The highest BCUT2D eigenvalue weighted by Gasteiger charge is 2.32. The molecule has 31 heavy (non-hydrogen) atoms. The number of hydrogen-bond donors (Lipinski definition) is 1. The van der Waals surface area contributed by atoms with Gasteiger partial charge in [-0.2, -0.15) is 0 Å². The lowest BCUT2D eigenvalue weighted by atomic mass is 9.69. The second-order valence-corrected chi connectivity index (χ2v) is 8.26. The number of phenols is 1. The van der Waals surface area contributed by atoms with Crippen molar-refractivity contribution < 1.29 is 9.84 Å². The third-order valence-corrected chi connectivity index (χ3v) is 6.30. The number of rotatable bonds is 5. The Hall–Kier alpha value is -3.52. The Bertz CT molecular complexity index is 1130. The molecule has 0 saturated heterocycles. The van der Waals surface area contributed by atoms with Crippen LogP contribution in [-0.2, 0) is 13.0 Å². The van der Waals surface area contributed by atoms with Gasteiger partial charge in [-0.05, 0) is 70.8 Å². The number of aryl methyl sites for hydroxylation is 1. The van der Waals surface area contributed by atoms with Crippen molar-refractivity contribution in [2.75, 3.05) is 0 Å². The van der Waals surface area contributed by atoms with E-state index in [1.54, 1.807) is 12.1 Å². The molecular weight excluding hydrogens is 380 g/mol. The predicted octanol–water partition coefficient (Wildman–Crippen LogP) is 6.83. The van der Waals surface area contributed by atoms with Crippen LogP contribution in [0.15, 0.2) is 103 Å². The zero-order chi connectivity index (χ0) is 21.0. The number of benzene rings is 4. The molecule has 2 heteroatoms. The molecule has 0 saturated carbocycles. The van der Waals surface area contributed by atoms with Crippen molar-refractivity contribution in [2.45, 2.75) is 31.3 Å². The molecule has 1 aliphatic rings. The van der Waals surface area contributed by atoms with Crippen LogP contribution in [0.2, 0.25) is 0 Å². The maximum Gasteiger partial charge on any atom is 0.120 e. The Balaban J connectivity index is 1.48. The van der Waals surface area contributed by atoms with Crippen molar-refractivity contribution in [3.63, 3.8) is 0 Å². The van der Waals surface area contributed by atoms with E-state index in [4.69, 9.17) is 4.74 Å². The normalized spacial score (nSPS) is 17.7. The van der Waals surface area contributed by atoms with Crippen LogP contribution in [0, 0.1) is 0 Å². The van der Waals surface area contributed by atoms with E-state index in [-0.39, 0.29) is 5.92 Å². The average molecular weight is 407 g/mol. The standard InChI is InChI=1S/C29H26O2/c30-25-14-11-23(12-15-25)29-27(22-9-5-2-6-10-22)17-13-24-19-26(16-18-28(24)29)31-20-21-7-3-1-4-8-21/h1-12,14-16,18-19,27,29-30H,13,17,20H2/t27-,29?/m1/s1. The molecule has 4 aromatic carbocycles. The van der Waals surface area contributed by atoms with Crippen LogP contribution in [-0.4, -0.2) is 5.11 Å². The predicted molar refractivity (Wildman–Crippen MR) is 125 cm³/mol. The summed E-state index contributed by atoms with van der Waals surface area (Å²) in [7, 11) is 0. The maximum atomic E-state index is 9.81. The highest BCUT2D eigenvalue weighted by Crippen LogP contribution is 2.47. The van der Waals surface area contributed by atoms with Gasteiger partial charge in [0.2, 0.25) is 0 Å². The monoisotopic (exact) mass is 406 g/mol. The van der Waals surface area contributed by atoms with Gasteiger partial charge in [0.15, 0.2) is 0 Å². The summed E-state index contributed by atoms with van der Waals surface area (Å²) in [4.78, 5) is 0. The zero-order valence-corrected chi connectivity index (χ0v) is 17.4. The lowest BCUT2D eigenvalue weighted by Crippen LogP contribution is -2.20. The molecule has 0 radical (unpaired) electrons. The van der Waals surface area contributed by atoms with Gasteiger partial charge in [-0.3, -0.25) is 0 Å². The minimum atomic E-state index is 0.259. The smallest absolute Gasteiger partial charge is 0.120 e. The van der Waals surface area contributed by atoms with Crippen LogP contribution >= 0.6 is 0 Å². The van der Waals surface area contributed by atoms with Gasteiger partial charge < -0.3 is 9.84 Å². The molecule has 0 fully saturated rings. The first-order valence-corrected chi connectivity index (χ1v) is 10.9. The van der Waals surface area contributed by atoms with Gasteiger partial charge in [0, 0.05) is 5.92 Å². The quantitative estimate of drug-likeness (QED) is 0.393. The van der Waals surface area contributed by atoms with E-state index >= 15 is 0 Å². The zero-order valence-electron chi connectivity index (χ0n) is 17.4. The van der Waals surface area contributed by atoms with E-state index in [0.717, 1.165) is 18.6 Å². The molecular formula is C29H26O2. The Labute approximate surface area is 183 Å². The molecule has 2 atom stereocenters.